The van der Waals surface area contributed by atoms with Gasteiger partial charge in [-0.2, -0.15) is 0 Å². The number of aryl methyl sites for hydroxylation is 3. The van der Waals surface area contributed by atoms with Crippen molar-refractivity contribution in [1.29, 1.82) is 0 Å². The van der Waals surface area contributed by atoms with Crippen LogP contribution >= 0.6 is 0 Å². The fourth-order valence-electron chi connectivity index (χ4n) is 6.39. The number of hydrogen-bond acceptors (Lipinski definition) is 4. The molecule has 9 aromatic rings. The molecule has 0 aliphatic carbocycles. The molecule has 0 amide bonds. The molecule has 0 aliphatic rings. The first kappa shape index (κ1) is 33.7. The van der Waals surface area contributed by atoms with Crippen LogP contribution in [0.3, 0.4) is 0 Å². The van der Waals surface area contributed by atoms with Crippen molar-refractivity contribution in [3.8, 4) is 44.8 Å². The SMILES string of the molecule is Cc1c[c-]c(-c2ccc(C)cn2)cc1.Cc1cc(-c2cccc3ccncc23)c2oc3c(-c4cc(-c5ccccc5)ccn4)[c-]ccc3c2c1.[Ir]. The first-order valence-electron chi connectivity index (χ1n) is 16.7. The molecule has 5 aromatic carbocycles. The molecule has 9 rings (SSSR count). The molecular weight excluding hydrogens is 803 g/mol. The molecule has 0 saturated carbocycles. The molecule has 249 valence electrons. The molecule has 0 saturated heterocycles. The maximum absolute atomic E-state index is 6.68. The van der Waals surface area contributed by atoms with Crippen LogP contribution in [0.2, 0.25) is 0 Å². The van der Waals surface area contributed by atoms with Crippen molar-refractivity contribution < 1.29 is 24.5 Å². The van der Waals surface area contributed by atoms with Crippen molar-refractivity contribution in [3.05, 3.63) is 175 Å². The smallest absolute Gasteiger partial charge is 0.128 e. The van der Waals surface area contributed by atoms with Gasteiger partial charge in [-0.25, -0.2) is 0 Å². The van der Waals surface area contributed by atoms with Gasteiger partial charge in [0.15, 0.2) is 0 Å². The van der Waals surface area contributed by atoms with Gasteiger partial charge < -0.3 is 14.4 Å². The van der Waals surface area contributed by atoms with Crippen LogP contribution in [-0.2, 0) is 20.1 Å². The van der Waals surface area contributed by atoms with Gasteiger partial charge in [0.1, 0.15) is 5.58 Å². The van der Waals surface area contributed by atoms with E-state index in [0.29, 0.717) is 0 Å². The summed E-state index contributed by atoms with van der Waals surface area (Å²) in [6, 6.07) is 48.1. The summed E-state index contributed by atoms with van der Waals surface area (Å²) in [4.78, 5) is 13.4. The van der Waals surface area contributed by atoms with Crippen molar-refractivity contribution >= 4 is 32.7 Å². The molecule has 0 unspecified atom stereocenters. The standard InChI is InChI=1S/C33H21N2O.C13H12N.Ir/c1-21-17-28(25-10-5-9-23-13-15-34-20-30(23)25)33-29(18-21)26-11-6-12-27(32(26)36-33)31-19-24(14-16-35-31)22-7-3-2-4-8-22;1-10-3-6-12(7-4-10)13-8-5-11(2)9-14-13;/h2-11,13-20H,1H3;3-6,8-9H,1-2H3;/q2*-1;. The average molecular weight is 836 g/mol. The van der Waals surface area contributed by atoms with Gasteiger partial charge in [-0.1, -0.05) is 84.6 Å². The zero-order valence-electron chi connectivity index (χ0n) is 28.4. The van der Waals surface area contributed by atoms with E-state index < -0.39 is 0 Å². The minimum Gasteiger partial charge on any atom is -0.500 e. The number of fused-ring (bicyclic) bond motifs is 4. The Morgan fingerprint density at radius 3 is 2.22 bits per heavy atom. The van der Waals surface area contributed by atoms with E-state index >= 15 is 0 Å². The van der Waals surface area contributed by atoms with Crippen molar-refractivity contribution in [2.45, 2.75) is 20.8 Å². The molecule has 4 aromatic heterocycles. The van der Waals surface area contributed by atoms with Crippen molar-refractivity contribution in [2.24, 2.45) is 0 Å². The normalized spacial score (nSPS) is 10.9. The number of rotatable bonds is 4. The summed E-state index contributed by atoms with van der Waals surface area (Å²) in [7, 11) is 0. The van der Waals surface area contributed by atoms with Gasteiger partial charge in [-0.3, -0.25) is 4.98 Å². The first-order valence-corrected chi connectivity index (χ1v) is 16.7. The molecule has 0 fully saturated rings. The second kappa shape index (κ2) is 14.6. The largest absolute Gasteiger partial charge is 0.500 e. The van der Waals surface area contributed by atoms with Gasteiger partial charge >= 0.3 is 0 Å². The maximum Gasteiger partial charge on any atom is 0.128 e. The summed E-state index contributed by atoms with van der Waals surface area (Å²) in [5.41, 5.74) is 13.4. The summed E-state index contributed by atoms with van der Waals surface area (Å²) < 4.78 is 6.68. The Hall–Kier alpha value is -5.74. The van der Waals surface area contributed by atoms with E-state index in [0.717, 1.165) is 77.5 Å². The molecule has 0 bridgehead atoms. The predicted octanol–water partition coefficient (Wildman–Crippen LogP) is 11.8. The Morgan fingerprint density at radius 2 is 1.41 bits per heavy atom. The molecule has 1 radical (unpaired) electrons. The molecule has 4 nitrogen and oxygen atoms in total. The molecule has 0 aliphatic heterocycles. The Kier molecular flexibility index (Phi) is 9.67. The number of furan rings is 1. The maximum atomic E-state index is 6.68. The third kappa shape index (κ3) is 6.87. The minimum atomic E-state index is 0. The summed E-state index contributed by atoms with van der Waals surface area (Å²) >= 11 is 0. The monoisotopic (exact) mass is 836 g/mol. The van der Waals surface area contributed by atoms with Crippen LogP contribution in [0.25, 0.3) is 77.5 Å². The van der Waals surface area contributed by atoms with Crippen LogP contribution in [0, 0.1) is 32.9 Å². The van der Waals surface area contributed by atoms with Gasteiger partial charge in [0.25, 0.3) is 0 Å². The van der Waals surface area contributed by atoms with Crippen LogP contribution in [0.4, 0.5) is 0 Å². The third-order valence-electron chi connectivity index (χ3n) is 8.93. The van der Waals surface area contributed by atoms with Crippen molar-refractivity contribution in [3.63, 3.8) is 0 Å². The van der Waals surface area contributed by atoms with Crippen molar-refractivity contribution in [1.82, 2.24) is 15.0 Å². The van der Waals surface area contributed by atoms with Crippen LogP contribution in [0.5, 0.6) is 0 Å². The van der Waals surface area contributed by atoms with Gasteiger partial charge in [0.2, 0.25) is 0 Å². The zero-order valence-corrected chi connectivity index (χ0v) is 30.8. The Bertz CT molecular complexity index is 2560. The second-order valence-corrected chi connectivity index (χ2v) is 12.6. The van der Waals surface area contributed by atoms with Crippen LogP contribution in [0.1, 0.15) is 16.7 Å². The molecule has 4 heterocycles. The molecule has 0 atom stereocenters. The number of benzene rings is 5. The minimum absolute atomic E-state index is 0. The molecular formula is C46H33IrN3O-2. The van der Waals surface area contributed by atoms with Gasteiger partial charge in [-0.15, -0.1) is 53.6 Å². The summed E-state index contributed by atoms with van der Waals surface area (Å²) in [6.07, 6.45) is 7.49. The number of nitrogens with zero attached hydrogens (tertiary/aromatic N) is 3. The topological polar surface area (TPSA) is 51.8 Å². The van der Waals surface area contributed by atoms with Gasteiger partial charge in [0.05, 0.1) is 5.58 Å². The second-order valence-electron chi connectivity index (χ2n) is 12.6. The number of hydrogen-bond donors (Lipinski definition) is 0. The molecule has 0 N–H and O–H groups in total. The van der Waals surface area contributed by atoms with Gasteiger partial charge in [0, 0.05) is 61.2 Å². The summed E-state index contributed by atoms with van der Waals surface area (Å²) in [5.74, 6) is 0. The van der Waals surface area contributed by atoms with Crippen molar-refractivity contribution in [2.75, 3.05) is 0 Å². The summed E-state index contributed by atoms with van der Waals surface area (Å²) in [5, 5.41) is 4.42. The van der Waals surface area contributed by atoms with E-state index in [1.54, 1.807) is 0 Å². The van der Waals surface area contributed by atoms with E-state index in [4.69, 9.17) is 9.40 Å². The van der Waals surface area contributed by atoms with E-state index in [9.17, 15) is 0 Å². The van der Waals surface area contributed by atoms with E-state index in [1.807, 2.05) is 86.3 Å². The average Bonchev–Trinajstić information content (AvgIpc) is 3.54. The number of aromatic nitrogens is 3. The Labute approximate surface area is 311 Å². The summed E-state index contributed by atoms with van der Waals surface area (Å²) in [6.45, 7) is 6.23. The van der Waals surface area contributed by atoms with E-state index in [1.165, 1.54) is 16.7 Å². The molecule has 51 heavy (non-hydrogen) atoms. The van der Waals surface area contributed by atoms with Gasteiger partial charge in [-0.05, 0) is 82.7 Å². The van der Waals surface area contributed by atoms with Crippen LogP contribution in [-0.4, -0.2) is 15.0 Å². The zero-order chi connectivity index (χ0) is 34.0. The van der Waals surface area contributed by atoms with Crippen LogP contribution in [0.15, 0.2) is 151 Å². The molecule has 0 spiro atoms. The van der Waals surface area contributed by atoms with E-state index in [2.05, 4.69) is 103 Å². The van der Waals surface area contributed by atoms with Crippen LogP contribution < -0.4 is 0 Å². The molecule has 5 heteroatoms. The first-order chi connectivity index (χ1) is 24.5. The Balaban J connectivity index is 0.000000228. The van der Waals surface area contributed by atoms with E-state index in [-0.39, 0.29) is 20.1 Å². The fourth-order valence-corrected chi connectivity index (χ4v) is 6.39. The Morgan fingerprint density at radius 1 is 0.549 bits per heavy atom. The third-order valence-corrected chi connectivity index (χ3v) is 8.93. The quantitative estimate of drug-likeness (QED) is 0.166. The predicted molar refractivity (Wildman–Crippen MR) is 205 cm³/mol. The number of pyridine rings is 3. The fraction of sp³-hybridized carbons (Fsp3) is 0.0652.